The molecule has 0 amide bonds. The molecule has 0 spiro atoms. The van der Waals surface area contributed by atoms with E-state index in [1.807, 2.05) is 13.1 Å². The van der Waals surface area contributed by atoms with E-state index in [0.717, 1.165) is 30.2 Å². The molecule has 1 aliphatic rings. The second-order valence-corrected chi connectivity index (χ2v) is 4.21. The van der Waals surface area contributed by atoms with Gasteiger partial charge in [-0.2, -0.15) is 0 Å². The van der Waals surface area contributed by atoms with E-state index in [4.69, 9.17) is 5.73 Å². The maximum atomic E-state index is 5.71. The zero-order valence-electron chi connectivity index (χ0n) is 10.2. The number of aromatic nitrogens is 1. The highest BCUT2D eigenvalue weighted by Gasteiger charge is 2.17. The molecule has 1 saturated heterocycles. The van der Waals surface area contributed by atoms with Gasteiger partial charge in [-0.15, -0.1) is 0 Å². The van der Waals surface area contributed by atoms with Gasteiger partial charge in [0.25, 0.3) is 0 Å². The molecule has 90 valence electrons. The molecule has 1 aromatic heterocycles. The van der Waals surface area contributed by atoms with Gasteiger partial charge in [0, 0.05) is 19.3 Å². The first kappa shape index (κ1) is 11.5. The molecule has 2 rings (SSSR count). The van der Waals surface area contributed by atoms with Crippen molar-refractivity contribution in [2.75, 3.05) is 22.9 Å². The summed E-state index contributed by atoms with van der Waals surface area (Å²) in [6, 6.07) is 2.08. The van der Waals surface area contributed by atoms with Crippen LogP contribution in [-0.2, 0) is 0 Å². The molecule has 1 aliphatic heterocycles. The summed E-state index contributed by atoms with van der Waals surface area (Å²) < 4.78 is 0. The van der Waals surface area contributed by atoms with Gasteiger partial charge in [0.1, 0.15) is 5.82 Å². The van der Waals surface area contributed by atoms with Gasteiger partial charge >= 0.3 is 0 Å². The Bertz CT molecular complexity index is 449. The van der Waals surface area contributed by atoms with Gasteiger partial charge in [0.2, 0.25) is 0 Å². The van der Waals surface area contributed by atoms with Crippen molar-refractivity contribution in [3.05, 3.63) is 43.0 Å². The first-order valence-electron chi connectivity index (χ1n) is 5.71. The van der Waals surface area contributed by atoms with Gasteiger partial charge in [-0.05, 0) is 25.0 Å². The Morgan fingerprint density at radius 3 is 2.71 bits per heavy atom. The smallest absolute Gasteiger partial charge is 0.128 e. The SMILES string of the molecule is C=CN(C(=C)N)c1cnc(N2CCC2)cc1C. The third-order valence-corrected chi connectivity index (χ3v) is 3.00. The highest BCUT2D eigenvalue weighted by Crippen LogP contribution is 2.26. The van der Waals surface area contributed by atoms with Gasteiger partial charge < -0.3 is 15.5 Å². The molecule has 4 nitrogen and oxygen atoms in total. The maximum Gasteiger partial charge on any atom is 0.128 e. The third-order valence-electron chi connectivity index (χ3n) is 3.00. The average molecular weight is 230 g/mol. The van der Waals surface area contributed by atoms with E-state index in [-0.39, 0.29) is 0 Å². The number of nitrogens with zero attached hydrogens (tertiary/aromatic N) is 3. The fourth-order valence-electron chi connectivity index (χ4n) is 1.87. The predicted octanol–water partition coefficient (Wildman–Crippen LogP) is 1.98. The fraction of sp³-hybridized carbons (Fsp3) is 0.308. The Kier molecular flexibility index (Phi) is 3.04. The van der Waals surface area contributed by atoms with E-state index in [9.17, 15) is 0 Å². The lowest BCUT2D eigenvalue weighted by atomic mass is 10.2. The Hall–Kier alpha value is -1.97. The van der Waals surface area contributed by atoms with Crippen molar-refractivity contribution in [1.82, 2.24) is 4.98 Å². The van der Waals surface area contributed by atoms with Crippen LogP contribution < -0.4 is 15.5 Å². The summed E-state index contributed by atoms with van der Waals surface area (Å²) >= 11 is 0. The van der Waals surface area contributed by atoms with Crippen LogP contribution in [0.15, 0.2) is 37.4 Å². The van der Waals surface area contributed by atoms with Gasteiger partial charge in [-0.1, -0.05) is 13.2 Å². The monoisotopic (exact) mass is 230 g/mol. The van der Waals surface area contributed by atoms with E-state index in [1.54, 1.807) is 11.1 Å². The van der Waals surface area contributed by atoms with Crippen LogP contribution in [-0.4, -0.2) is 18.1 Å². The number of anilines is 2. The molecule has 2 N–H and O–H groups in total. The van der Waals surface area contributed by atoms with E-state index >= 15 is 0 Å². The molecule has 1 aromatic rings. The third kappa shape index (κ3) is 2.11. The quantitative estimate of drug-likeness (QED) is 0.859. The lowest BCUT2D eigenvalue weighted by Gasteiger charge is -2.32. The summed E-state index contributed by atoms with van der Waals surface area (Å²) in [5.41, 5.74) is 7.75. The number of rotatable bonds is 4. The molecule has 0 radical (unpaired) electrons. The molecular formula is C13H18N4. The molecule has 0 bridgehead atoms. The normalized spacial score (nSPS) is 14.1. The lowest BCUT2D eigenvalue weighted by Crippen LogP contribution is -2.37. The summed E-state index contributed by atoms with van der Waals surface area (Å²) in [5, 5.41) is 0. The minimum atomic E-state index is 0.446. The van der Waals surface area contributed by atoms with Crippen molar-refractivity contribution >= 4 is 11.5 Å². The van der Waals surface area contributed by atoms with Crippen molar-refractivity contribution in [2.45, 2.75) is 13.3 Å². The van der Waals surface area contributed by atoms with Crippen molar-refractivity contribution in [2.24, 2.45) is 5.73 Å². The largest absolute Gasteiger partial charge is 0.385 e. The Balaban J connectivity index is 2.29. The zero-order valence-corrected chi connectivity index (χ0v) is 10.2. The number of hydrogen-bond acceptors (Lipinski definition) is 4. The Labute approximate surface area is 102 Å². The number of aryl methyl sites for hydroxylation is 1. The molecule has 0 atom stereocenters. The van der Waals surface area contributed by atoms with Crippen LogP contribution in [0.2, 0.25) is 0 Å². The molecule has 0 unspecified atom stereocenters. The topological polar surface area (TPSA) is 45.4 Å². The van der Waals surface area contributed by atoms with Gasteiger partial charge in [0.15, 0.2) is 0 Å². The molecule has 1 fully saturated rings. The lowest BCUT2D eigenvalue weighted by molar-refractivity contribution is 0.609. The highest BCUT2D eigenvalue weighted by molar-refractivity contribution is 5.61. The Morgan fingerprint density at radius 1 is 1.59 bits per heavy atom. The second-order valence-electron chi connectivity index (χ2n) is 4.21. The number of hydrogen-bond donors (Lipinski definition) is 1. The van der Waals surface area contributed by atoms with E-state index in [2.05, 4.69) is 29.1 Å². The summed E-state index contributed by atoms with van der Waals surface area (Å²) in [6.45, 7) is 11.7. The first-order chi connectivity index (χ1) is 8.13. The fourth-order valence-corrected chi connectivity index (χ4v) is 1.87. The Morgan fingerprint density at radius 2 is 2.29 bits per heavy atom. The van der Waals surface area contributed by atoms with Crippen molar-refractivity contribution in [1.29, 1.82) is 0 Å². The summed E-state index contributed by atoms with van der Waals surface area (Å²) in [5.74, 6) is 1.48. The molecular weight excluding hydrogens is 212 g/mol. The number of pyridine rings is 1. The molecule has 0 saturated carbocycles. The van der Waals surface area contributed by atoms with Gasteiger partial charge in [0.05, 0.1) is 17.7 Å². The summed E-state index contributed by atoms with van der Waals surface area (Å²) in [4.78, 5) is 8.45. The molecule has 2 heterocycles. The van der Waals surface area contributed by atoms with Gasteiger partial charge in [-0.3, -0.25) is 0 Å². The average Bonchev–Trinajstić information content (AvgIpc) is 2.19. The molecule has 0 aliphatic carbocycles. The van der Waals surface area contributed by atoms with E-state index in [0.29, 0.717) is 5.82 Å². The first-order valence-corrected chi connectivity index (χ1v) is 5.71. The van der Waals surface area contributed by atoms with E-state index < -0.39 is 0 Å². The number of nitrogens with two attached hydrogens (primary N) is 1. The molecule has 0 aromatic carbocycles. The van der Waals surface area contributed by atoms with Crippen LogP contribution in [0.4, 0.5) is 11.5 Å². The minimum absolute atomic E-state index is 0.446. The predicted molar refractivity (Wildman–Crippen MR) is 71.8 cm³/mol. The molecule has 17 heavy (non-hydrogen) atoms. The zero-order chi connectivity index (χ0) is 12.4. The minimum Gasteiger partial charge on any atom is -0.385 e. The van der Waals surface area contributed by atoms with Crippen LogP contribution in [0, 0.1) is 6.92 Å². The van der Waals surface area contributed by atoms with Crippen molar-refractivity contribution in [3.63, 3.8) is 0 Å². The van der Waals surface area contributed by atoms with Crippen LogP contribution in [0.5, 0.6) is 0 Å². The summed E-state index contributed by atoms with van der Waals surface area (Å²) in [7, 11) is 0. The van der Waals surface area contributed by atoms with E-state index in [1.165, 1.54) is 6.42 Å². The highest BCUT2D eigenvalue weighted by atomic mass is 15.2. The van der Waals surface area contributed by atoms with Crippen molar-refractivity contribution < 1.29 is 0 Å². The van der Waals surface area contributed by atoms with Crippen LogP contribution in [0.25, 0.3) is 0 Å². The van der Waals surface area contributed by atoms with Gasteiger partial charge in [-0.25, -0.2) is 4.98 Å². The molecule has 4 heteroatoms. The maximum absolute atomic E-state index is 5.71. The summed E-state index contributed by atoms with van der Waals surface area (Å²) in [6.07, 6.45) is 4.72. The van der Waals surface area contributed by atoms with Crippen LogP contribution in [0.1, 0.15) is 12.0 Å². The van der Waals surface area contributed by atoms with Crippen molar-refractivity contribution in [3.8, 4) is 0 Å². The second kappa shape index (κ2) is 4.49. The van der Waals surface area contributed by atoms with Crippen LogP contribution in [0.3, 0.4) is 0 Å². The standard InChI is InChI=1S/C13H18N4/c1-4-17(11(3)14)12-9-15-13(8-10(12)2)16-6-5-7-16/h4,8-9H,1,3,5-7,14H2,2H3. The van der Waals surface area contributed by atoms with Crippen LogP contribution >= 0.6 is 0 Å².